The van der Waals surface area contributed by atoms with E-state index in [0.717, 1.165) is 18.9 Å². The summed E-state index contributed by atoms with van der Waals surface area (Å²) in [5.74, 6) is -0.593. The van der Waals surface area contributed by atoms with Gasteiger partial charge in [-0.25, -0.2) is 14.2 Å². The van der Waals surface area contributed by atoms with Crippen molar-refractivity contribution < 1.29 is 18.8 Å². The van der Waals surface area contributed by atoms with Crippen LogP contribution in [0.4, 0.5) is 26.5 Å². The number of benzene rings is 1. The minimum Gasteiger partial charge on any atom is -0.367 e. The molecule has 1 aliphatic heterocycles. The number of nitrogens with zero attached hydrogens (tertiary/aromatic N) is 3. The zero-order valence-electron chi connectivity index (χ0n) is 17.4. The Balaban J connectivity index is 1.53. The summed E-state index contributed by atoms with van der Waals surface area (Å²) in [5.41, 5.74) is 1.29. The maximum absolute atomic E-state index is 14.6. The first kappa shape index (κ1) is 20.4. The second-order valence-corrected chi connectivity index (χ2v) is 7.65. The van der Waals surface area contributed by atoms with E-state index in [9.17, 15) is 18.8 Å². The number of urea groups is 1. The molecule has 168 valence electrons. The highest BCUT2D eigenvalue weighted by molar-refractivity contribution is 6.14. The van der Waals surface area contributed by atoms with Crippen molar-refractivity contribution in [3.8, 4) is 0 Å². The number of carbonyl (C=O) groups excluding carboxylic acids is 3. The van der Waals surface area contributed by atoms with Gasteiger partial charge in [-0.3, -0.25) is 14.9 Å². The molecule has 1 saturated carbocycles. The number of hydrogen-bond donors (Lipinski definition) is 5. The Morgan fingerprint density at radius 2 is 2.06 bits per heavy atom. The summed E-state index contributed by atoms with van der Waals surface area (Å²) in [7, 11) is 1.47. The molecule has 2 aliphatic rings. The second-order valence-electron chi connectivity index (χ2n) is 7.65. The number of aromatic nitrogens is 3. The molecule has 3 heterocycles. The van der Waals surface area contributed by atoms with Crippen molar-refractivity contribution in [1.29, 1.82) is 0 Å². The molecule has 4 amide bonds. The summed E-state index contributed by atoms with van der Waals surface area (Å²) in [4.78, 5) is 39.6. The zero-order chi connectivity index (χ0) is 23.1. The normalized spacial score (nSPS) is 16.6. The van der Waals surface area contributed by atoms with Crippen LogP contribution < -0.4 is 26.6 Å². The maximum Gasteiger partial charge on any atom is 0.326 e. The molecule has 5 rings (SSSR count). The predicted octanol–water partition coefficient (Wildman–Crippen LogP) is 1.73. The quantitative estimate of drug-likeness (QED) is 0.284. The first-order valence-electron chi connectivity index (χ1n) is 10.2. The fourth-order valence-electron chi connectivity index (χ4n) is 3.36. The summed E-state index contributed by atoms with van der Waals surface area (Å²) >= 11 is 0. The van der Waals surface area contributed by atoms with Gasteiger partial charge in [0.1, 0.15) is 23.1 Å². The van der Waals surface area contributed by atoms with Gasteiger partial charge >= 0.3 is 6.03 Å². The van der Waals surface area contributed by atoms with Crippen LogP contribution >= 0.6 is 0 Å². The number of nitrogens with one attached hydrogen (secondary N) is 5. The molecule has 0 unspecified atom stereocenters. The number of halogens is 1. The van der Waals surface area contributed by atoms with Crippen molar-refractivity contribution in [2.45, 2.75) is 18.9 Å². The molecule has 0 spiro atoms. The van der Waals surface area contributed by atoms with Crippen LogP contribution in [0.25, 0.3) is 11.7 Å². The van der Waals surface area contributed by atoms with Gasteiger partial charge in [-0.2, -0.15) is 9.61 Å². The van der Waals surface area contributed by atoms with Gasteiger partial charge in [-0.05, 0) is 37.1 Å². The smallest absolute Gasteiger partial charge is 0.326 e. The molecule has 3 aromatic rings. The lowest BCUT2D eigenvalue weighted by molar-refractivity contribution is -0.115. The maximum atomic E-state index is 14.6. The topological polar surface area (TPSA) is 142 Å². The Hall–Kier alpha value is -4.48. The molecular formula is C21H19FN8O3. The van der Waals surface area contributed by atoms with Crippen LogP contribution in [0.2, 0.25) is 0 Å². The summed E-state index contributed by atoms with van der Waals surface area (Å²) < 4.78 is 16.2. The first-order valence-corrected chi connectivity index (χ1v) is 10.2. The van der Waals surface area contributed by atoms with E-state index >= 15 is 0 Å². The first-order chi connectivity index (χ1) is 15.9. The van der Waals surface area contributed by atoms with E-state index in [1.54, 1.807) is 10.6 Å². The summed E-state index contributed by atoms with van der Waals surface area (Å²) in [6.07, 6.45) is 5.03. The van der Waals surface area contributed by atoms with E-state index in [2.05, 4.69) is 36.7 Å². The number of rotatable bonds is 6. The number of fused-ring (bicyclic) bond motifs is 1. The number of anilines is 3. The number of hydrogen-bond acceptors (Lipinski definition) is 7. The zero-order valence-corrected chi connectivity index (χ0v) is 17.4. The average molecular weight is 450 g/mol. The third-order valence-corrected chi connectivity index (χ3v) is 5.17. The van der Waals surface area contributed by atoms with Crippen molar-refractivity contribution in [1.82, 2.24) is 30.5 Å². The van der Waals surface area contributed by atoms with Gasteiger partial charge in [0.05, 0.1) is 11.9 Å². The van der Waals surface area contributed by atoms with Gasteiger partial charge in [-0.1, -0.05) is 0 Å². The van der Waals surface area contributed by atoms with Crippen LogP contribution in [0.1, 0.15) is 28.8 Å². The SMILES string of the molecule is CNC(=O)c1ccc(Nc2cc(NC3CC3)n3ncc(/C=C4\NC(=O)NC4=O)c3n2)c(F)c1. The molecule has 2 aromatic heterocycles. The van der Waals surface area contributed by atoms with E-state index in [0.29, 0.717) is 28.9 Å². The van der Waals surface area contributed by atoms with Crippen LogP contribution in [0.3, 0.4) is 0 Å². The van der Waals surface area contributed by atoms with Gasteiger partial charge in [0, 0.05) is 30.3 Å². The fraction of sp³-hybridized carbons (Fsp3) is 0.190. The van der Waals surface area contributed by atoms with E-state index < -0.39 is 23.7 Å². The molecule has 0 bridgehead atoms. The van der Waals surface area contributed by atoms with E-state index in [4.69, 9.17) is 0 Å². The van der Waals surface area contributed by atoms with Crippen LogP contribution in [-0.2, 0) is 4.79 Å². The third-order valence-electron chi connectivity index (χ3n) is 5.17. The van der Waals surface area contributed by atoms with Crippen molar-refractivity contribution in [2.75, 3.05) is 17.7 Å². The molecule has 1 aliphatic carbocycles. The second kappa shape index (κ2) is 7.89. The minimum absolute atomic E-state index is 0.0719. The van der Waals surface area contributed by atoms with Crippen LogP contribution in [0.15, 0.2) is 36.2 Å². The van der Waals surface area contributed by atoms with Gasteiger partial charge in [-0.15, -0.1) is 0 Å². The lowest BCUT2D eigenvalue weighted by Gasteiger charge is -2.12. The van der Waals surface area contributed by atoms with Crippen molar-refractivity contribution in [3.05, 3.63) is 53.1 Å². The largest absolute Gasteiger partial charge is 0.367 e. The summed E-state index contributed by atoms with van der Waals surface area (Å²) in [6.45, 7) is 0. The van der Waals surface area contributed by atoms with Gasteiger partial charge in [0.2, 0.25) is 0 Å². The van der Waals surface area contributed by atoms with Crippen LogP contribution in [0.5, 0.6) is 0 Å². The molecule has 0 radical (unpaired) electrons. The Kier molecular flexibility index (Phi) is 4.89. The van der Waals surface area contributed by atoms with E-state index in [1.807, 2.05) is 0 Å². The Morgan fingerprint density at radius 1 is 1.24 bits per heavy atom. The molecule has 0 atom stereocenters. The molecular weight excluding hydrogens is 431 g/mol. The van der Waals surface area contributed by atoms with Crippen molar-refractivity contribution in [2.24, 2.45) is 0 Å². The lowest BCUT2D eigenvalue weighted by atomic mass is 10.2. The molecule has 5 N–H and O–H groups in total. The minimum atomic E-state index is -0.615. The Bertz CT molecular complexity index is 1340. The summed E-state index contributed by atoms with van der Waals surface area (Å²) in [6, 6.07) is 5.49. The molecule has 2 fully saturated rings. The van der Waals surface area contributed by atoms with Crippen molar-refractivity contribution in [3.63, 3.8) is 0 Å². The Morgan fingerprint density at radius 3 is 2.73 bits per heavy atom. The number of carbonyl (C=O) groups is 3. The van der Waals surface area contributed by atoms with Gasteiger partial charge < -0.3 is 21.3 Å². The summed E-state index contributed by atoms with van der Waals surface area (Å²) in [5, 5.41) is 17.7. The molecule has 1 aromatic carbocycles. The predicted molar refractivity (Wildman–Crippen MR) is 117 cm³/mol. The Labute approximate surface area is 186 Å². The van der Waals surface area contributed by atoms with E-state index in [-0.39, 0.29) is 16.9 Å². The van der Waals surface area contributed by atoms with Crippen molar-refractivity contribution >= 4 is 46.9 Å². The van der Waals surface area contributed by atoms with Gasteiger partial charge in [0.15, 0.2) is 5.65 Å². The highest BCUT2D eigenvalue weighted by Crippen LogP contribution is 2.29. The molecule has 33 heavy (non-hydrogen) atoms. The lowest BCUT2D eigenvalue weighted by Crippen LogP contribution is -2.22. The molecule has 11 nitrogen and oxygen atoms in total. The highest BCUT2D eigenvalue weighted by Gasteiger charge is 2.25. The monoisotopic (exact) mass is 450 g/mol. The fourth-order valence-corrected chi connectivity index (χ4v) is 3.36. The highest BCUT2D eigenvalue weighted by atomic mass is 19.1. The number of amides is 4. The third kappa shape index (κ3) is 4.05. The molecule has 1 saturated heterocycles. The number of imide groups is 1. The van der Waals surface area contributed by atoms with Crippen LogP contribution in [0, 0.1) is 5.82 Å². The average Bonchev–Trinajstić information content (AvgIpc) is 3.43. The standard InChI is InChI=1S/C21H19FN8O3/c1-23-19(31)10-2-5-14(13(22)6-10)26-16-8-17(25-12-3-4-12)30-18(28-16)11(9-24-30)7-15-20(32)29-21(33)27-15/h2,5-9,12,25H,3-4H2,1H3,(H,23,31)(H,26,28)(H2,27,29,32,33)/b15-7-. The van der Waals surface area contributed by atoms with E-state index in [1.165, 1.54) is 31.5 Å². The van der Waals surface area contributed by atoms with Crippen LogP contribution in [-0.4, -0.2) is 45.5 Å². The van der Waals surface area contributed by atoms with Gasteiger partial charge in [0.25, 0.3) is 11.8 Å². The molecule has 12 heteroatoms.